The lowest BCUT2D eigenvalue weighted by atomic mass is 10.0. The average Bonchev–Trinajstić information content (AvgIpc) is 2.38. The summed E-state index contributed by atoms with van der Waals surface area (Å²) in [5, 5.41) is 0. The Labute approximate surface area is 110 Å². The fourth-order valence-electron chi connectivity index (χ4n) is 2.56. The van der Waals surface area contributed by atoms with E-state index >= 15 is 0 Å². The lowest BCUT2D eigenvalue weighted by Crippen LogP contribution is -2.45. The molecule has 4 nitrogen and oxygen atoms in total. The number of piperidine rings is 1. The van der Waals surface area contributed by atoms with Gasteiger partial charge in [-0.3, -0.25) is 0 Å². The predicted octanol–water partition coefficient (Wildman–Crippen LogP) is 1.99. The highest BCUT2D eigenvalue weighted by Crippen LogP contribution is 2.21. The van der Waals surface area contributed by atoms with Gasteiger partial charge in [-0.2, -0.15) is 0 Å². The molecule has 100 valence electrons. The predicted molar refractivity (Wildman–Crippen MR) is 74.6 cm³/mol. The van der Waals surface area contributed by atoms with Gasteiger partial charge in [-0.1, -0.05) is 13.8 Å². The zero-order valence-corrected chi connectivity index (χ0v) is 11.5. The Morgan fingerprint density at radius 1 is 1.44 bits per heavy atom. The average molecular weight is 248 g/mol. The van der Waals surface area contributed by atoms with E-state index in [9.17, 15) is 0 Å². The van der Waals surface area contributed by atoms with Gasteiger partial charge in [0.25, 0.3) is 0 Å². The van der Waals surface area contributed by atoms with E-state index in [0.717, 1.165) is 31.0 Å². The number of aromatic nitrogens is 2. The van der Waals surface area contributed by atoms with E-state index in [1.165, 1.54) is 12.8 Å². The first-order valence-electron chi connectivity index (χ1n) is 6.99. The SMILES string of the molecule is CC(C)Cc1ccnc(N2CCCCC2CN)n1. The van der Waals surface area contributed by atoms with Crippen LogP contribution >= 0.6 is 0 Å². The molecule has 1 atom stereocenters. The van der Waals surface area contributed by atoms with E-state index in [1.807, 2.05) is 12.3 Å². The van der Waals surface area contributed by atoms with E-state index in [-0.39, 0.29) is 0 Å². The maximum absolute atomic E-state index is 5.85. The van der Waals surface area contributed by atoms with Crippen molar-refractivity contribution in [2.45, 2.75) is 45.6 Å². The molecule has 0 saturated carbocycles. The summed E-state index contributed by atoms with van der Waals surface area (Å²) in [4.78, 5) is 11.4. The first kappa shape index (κ1) is 13.3. The molecule has 2 N–H and O–H groups in total. The molecule has 0 spiro atoms. The van der Waals surface area contributed by atoms with Crippen LogP contribution in [-0.4, -0.2) is 29.1 Å². The molecule has 2 heterocycles. The zero-order valence-electron chi connectivity index (χ0n) is 11.5. The maximum Gasteiger partial charge on any atom is 0.225 e. The first-order valence-corrected chi connectivity index (χ1v) is 6.99. The molecule has 2 rings (SSSR count). The summed E-state index contributed by atoms with van der Waals surface area (Å²) in [7, 11) is 0. The number of nitrogens with zero attached hydrogens (tertiary/aromatic N) is 3. The molecule has 1 fully saturated rings. The minimum absolute atomic E-state index is 0.410. The Balaban J connectivity index is 2.15. The van der Waals surface area contributed by atoms with Crippen molar-refractivity contribution in [1.29, 1.82) is 0 Å². The summed E-state index contributed by atoms with van der Waals surface area (Å²) in [6, 6.07) is 2.43. The number of anilines is 1. The molecule has 4 heteroatoms. The van der Waals surface area contributed by atoms with E-state index in [0.29, 0.717) is 18.5 Å². The Morgan fingerprint density at radius 2 is 2.28 bits per heavy atom. The van der Waals surface area contributed by atoms with Crippen LogP contribution in [0.25, 0.3) is 0 Å². The van der Waals surface area contributed by atoms with Crippen molar-refractivity contribution < 1.29 is 0 Å². The highest BCUT2D eigenvalue weighted by Gasteiger charge is 2.23. The molecule has 1 aliphatic rings. The highest BCUT2D eigenvalue weighted by atomic mass is 15.3. The van der Waals surface area contributed by atoms with Crippen molar-refractivity contribution in [3.63, 3.8) is 0 Å². The molecule has 1 unspecified atom stereocenters. The van der Waals surface area contributed by atoms with Crippen LogP contribution in [0, 0.1) is 5.92 Å². The van der Waals surface area contributed by atoms with Crippen molar-refractivity contribution in [3.05, 3.63) is 18.0 Å². The largest absolute Gasteiger partial charge is 0.337 e. The molecule has 0 bridgehead atoms. The van der Waals surface area contributed by atoms with E-state index < -0.39 is 0 Å². The standard InChI is InChI=1S/C14H24N4/c1-11(2)9-12-6-7-16-14(17-12)18-8-4-3-5-13(18)10-15/h6-7,11,13H,3-5,8-10,15H2,1-2H3. The first-order chi connectivity index (χ1) is 8.70. The molecule has 1 aliphatic heterocycles. The summed E-state index contributed by atoms with van der Waals surface area (Å²) >= 11 is 0. The van der Waals surface area contributed by atoms with Crippen molar-refractivity contribution >= 4 is 5.95 Å². The highest BCUT2D eigenvalue weighted by molar-refractivity contribution is 5.33. The van der Waals surface area contributed by atoms with Gasteiger partial charge in [-0.25, -0.2) is 9.97 Å². The smallest absolute Gasteiger partial charge is 0.225 e. The molecular weight excluding hydrogens is 224 g/mol. The number of rotatable bonds is 4. The lowest BCUT2D eigenvalue weighted by molar-refractivity contribution is 0.457. The third-order valence-electron chi connectivity index (χ3n) is 3.47. The summed E-state index contributed by atoms with van der Waals surface area (Å²) in [6.07, 6.45) is 6.53. The number of hydrogen-bond donors (Lipinski definition) is 1. The fraction of sp³-hybridized carbons (Fsp3) is 0.714. The Hall–Kier alpha value is -1.16. The zero-order chi connectivity index (χ0) is 13.0. The molecule has 1 aromatic heterocycles. The molecule has 0 aromatic carbocycles. The van der Waals surface area contributed by atoms with Gasteiger partial charge in [0.05, 0.1) is 0 Å². The van der Waals surface area contributed by atoms with Crippen LogP contribution < -0.4 is 10.6 Å². The third-order valence-corrected chi connectivity index (χ3v) is 3.47. The lowest BCUT2D eigenvalue weighted by Gasteiger charge is -2.35. The Kier molecular flexibility index (Phi) is 4.53. The summed E-state index contributed by atoms with van der Waals surface area (Å²) in [5.41, 5.74) is 6.99. The van der Waals surface area contributed by atoms with E-state index in [1.54, 1.807) is 0 Å². The van der Waals surface area contributed by atoms with Gasteiger partial charge in [0, 0.05) is 31.0 Å². The molecule has 0 aliphatic carbocycles. The van der Waals surface area contributed by atoms with Gasteiger partial charge < -0.3 is 10.6 Å². The second kappa shape index (κ2) is 6.14. The van der Waals surface area contributed by atoms with E-state index in [2.05, 4.69) is 23.7 Å². The second-order valence-corrected chi connectivity index (χ2v) is 5.52. The molecule has 0 radical (unpaired) electrons. The van der Waals surface area contributed by atoms with Crippen LogP contribution in [0.3, 0.4) is 0 Å². The maximum atomic E-state index is 5.85. The van der Waals surface area contributed by atoms with Crippen LogP contribution in [0.2, 0.25) is 0 Å². The van der Waals surface area contributed by atoms with Crippen LogP contribution in [0.5, 0.6) is 0 Å². The number of hydrogen-bond acceptors (Lipinski definition) is 4. The molecule has 1 saturated heterocycles. The van der Waals surface area contributed by atoms with Gasteiger partial charge in [0.15, 0.2) is 0 Å². The van der Waals surface area contributed by atoms with Gasteiger partial charge in [-0.05, 0) is 37.7 Å². The Bertz CT molecular complexity index is 378. The molecule has 18 heavy (non-hydrogen) atoms. The van der Waals surface area contributed by atoms with Crippen molar-refractivity contribution in [2.24, 2.45) is 11.7 Å². The third kappa shape index (κ3) is 3.19. The van der Waals surface area contributed by atoms with Crippen LogP contribution in [-0.2, 0) is 6.42 Å². The quantitative estimate of drug-likeness (QED) is 0.885. The molecular formula is C14H24N4. The fourth-order valence-corrected chi connectivity index (χ4v) is 2.56. The van der Waals surface area contributed by atoms with Crippen LogP contribution in [0.15, 0.2) is 12.3 Å². The minimum atomic E-state index is 0.410. The van der Waals surface area contributed by atoms with Gasteiger partial charge in [0.1, 0.15) is 0 Å². The minimum Gasteiger partial charge on any atom is -0.337 e. The Morgan fingerprint density at radius 3 is 3.00 bits per heavy atom. The summed E-state index contributed by atoms with van der Waals surface area (Å²) in [5.74, 6) is 1.49. The van der Waals surface area contributed by atoms with Crippen LogP contribution in [0.1, 0.15) is 38.8 Å². The van der Waals surface area contributed by atoms with Crippen LogP contribution in [0.4, 0.5) is 5.95 Å². The normalized spacial score (nSPS) is 20.4. The van der Waals surface area contributed by atoms with Crippen molar-refractivity contribution in [3.8, 4) is 0 Å². The number of nitrogens with two attached hydrogens (primary N) is 1. The monoisotopic (exact) mass is 248 g/mol. The van der Waals surface area contributed by atoms with Gasteiger partial charge >= 0.3 is 0 Å². The molecule has 0 amide bonds. The van der Waals surface area contributed by atoms with Gasteiger partial charge in [0.2, 0.25) is 5.95 Å². The topological polar surface area (TPSA) is 55.0 Å². The van der Waals surface area contributed by atoms with Crippen molar-refractivity contribution in [1.82, 2.24) is 9.97 Å². The molecule has 1 aromatic rings. The second-order valence-electron chi connectivity index (χ2n) is 5.52. The van der Waals surface area contributed by atoms with Crippen molar-refractivity contribution in [2.75, 3.05) is 18.0 Å². The summed E-state index contributed by atoms with van der Waals surface area (Å²) < 4.78 is 0. The van der Waals surface area contributed by atoms with E-state index in [4.69, 9.17) is 10.7 Å². The van der Waals surface area contributed by atoms with Gasteiger partial charge in [-0.15, -0.1) is 0 Å². The summed E-state index contributed by atoms with van der Waals surface area (Å²) in [6.45, 7) is 6.15.